The van der Waals surface area contributed by atoms with Crippen molar-refractivity contribution >= 4 is 41.9 Å². The number of para-hydroxylation sites is 3. The SMILES string of the molecule is Cl.Cl.c1cc(CCN2CCC[C@@H]2CN2c3ccccc3COc3ccccc32)cc(N2CCCC2)c1. The fraction of sp³-hybridized carbons (Fsp3) is 0.400. The summed E-state index contributed by atoms with van der Waals surface area (Å²) >= 11 is 0. The molecule has 0 amide bonds. The third-order valence-electron chi connectivity index (χ3n) is 7.78. The van der Waals surface area contributed by atoms with Gasteiger partial charge in [0.25, 0.3) is 0 Å². The van der Waals surface area contributed by atoms with E-state index in [-0.39, 0.29) is 24.8 Å². The van der Waals surface area contributed by atoms with Crippen molar-refractivity contribution in [2.45, 2.75) is 44.8 Å². The molecule has 4 nitrogen and oxygen atoms in total. The molecular weight excluding hydrogens is 489 g/mol. The average molecular weight is 527 g/mol. The van der Waals surface area contributed by atoms with E-state index in [1.54, 1.807) is 0 Å². The molecule has 6 heteroatoms. The van der Waals surface area contributed by atoms with Crippen molar-refractivity contribution in [1.82, 2.24) is 4.90 Å². The molecule has 0 saturated carbocycles. The molecule has 36 heavy (non-hydrogen) atoms. The molecule has 6 rings (SSSR count). The van der Waals surface area contributed by atoms with Crippen molar-refractivity contribution in [3.05, 3.63) is 83.9 Å². The molecule has 3 aliphatic rings. The van der Waals surface area contributed by atoms with Crippen LogP contribution in [0.1, 0.15) is 36.8 Å². The van der Waals surface area contributed by atoms with Gasteiger partial charge in [0, 0.05) is 49.2 Å². The molecule has 192 valence electrons. The smallest absolute Gasteiger partial charge is 0.143 e. The summed E-state index contributed by atoms with van der Waals surface area (Å²) in [4.78, 5) is 7.77. The van der Waals surface area contributed by atoms with E-state index in [1.165, 1.54) is 73.5 Å². The molecule has 2 fully saturated rings. The van der Waals surface area contributed by atoms with Crippen molar-refractivity contribution in [1.29, 1.82) is 0 Å². The van der Waals surface area contributed by atoms with Gasteiger partial charge >= 0.3 is 0 Å². The lowest BCUT2D eigenvalue weighted by Gasteiger charge is -2.32. The molecule has 2 saturated heterocycles. The van der Waals surface area contributed by atoms with Gasteiger partial charge in [0.05, 0.1) is 5.69 Å². The van der Waals surface area contributed by atoms with E-state index in [1.807, 2.05) is 0 Å². The lowest BCUT2D eigenvalue weighted by atomic mass is 10.1. The van der Waals surface area contributed by atoms with Crippen LogP contribution in [0.15, 0.2) is 72.8 Å². The highest BCUT2D eigenvalue weighted by Gasteiger charge is 2.29. The van der Waals surface area contributed by atoms with Gasteiger partial charge in [-0.3, -0.25) is 4.90 Å². The van der Waals surface area contributed by atoms with Crippen LogP contribution in [-0.2, 0) is 13.0 Å². The van der Waals surface area contributed by atoms with Gasteiger partial charge < -0.3 is 14.5 Å². The maximum atomic E-state index is 6.20. The zero-order chi connectivity index (χ0) is 22.7. The van der Waals surface area contributed by atoms with Crippen LogP contribution >= 0.6 is 24.8 Å². The molecule has 0 spiro atoms. The number of hydrogen-bond acceptors (Lipinski definition) is 4. The highest BCUT2D eigenvalue weighted by atomic mass is 35.5. The Bertz CT molecular complexity index is 1090. The number of likely N-dealkylation sites (tertiary alicyclic amines) is 1. The molecule has 0 aromatic heterocycles. The summed E-state index contributed by atoms with van der Waals surface area (Å²) in [7, 11) is 0. The van der Waals surface area contributed by atoms with Crippen LogP contribution in [0.4, 0.5) is 17.1 Å². The molecule has 0 aliphatic carbocycles. The van der Waals surface area contributed by atoms with Crippen molar-refractivity contribution in [2.24, 2.45) is 0 Å². The number of hydrogen-bond donors (Lipinski definition) is 0. The summed E-state index contributed by atoms with van der Waals surface area (Å²) in [5.41, 5.74) is 6.62. The van der Waals surface area contributed by atoms with Gasteiger partial charge in [-0.1, -0.05) is 42.5 Å². The number of ether oxygens (including phenoxy) is 1. The minimum atomic E-state index is 0. The lowest BCUT2D eigenvalue weighted by molar-refractivity contribution is 0.261. The van der Waals surface area contributed by atoms with Crippen LogP contribution in [0.3, 0.4) is 0 Å². The van der Waals surface area contributed by atoms with Gasteiger partial charge in [0.2, 0.25) is 0 Å². The minimum absolute atomic E-state index is 0. The first kappa shape index (κ1) is 26.7. The van der Waals surface area contributed by atoms with Crippen LogP contribution in [-0.4, -0.2) is 43.7 Å². The van der Waals surface area contributed by atoms with Crippen molar-refractivity contribution in [2.75, 3.05) is 42.5 Å². The first-order valence-corrected chi connectivity index (χ1v) is 13.0. The normalized spacial score (nSPS) is 18.9. The number of halogens is 2. The van der Waals surface area contributed by atoms with E-state index >= 15 is 0 Å². The summed E-state index contributed by atoms with van der Waals surface area (Å²) in [6.07, 6.45) is 6.32. The molecule has 3 aromatic rings. The third kappa shape index (κ3) is 5.61. The molecule has 1 atom stereocenters. The quantitative estimate of drug-likeness (QED) is 0.349. The van der Waals surface area contributed by atoms with E-state index in [4.69, 9.17) is 4.74 Å². The van der Waals surface area contributed by atoms with Gasteiger partial charge in [-0.2, -0.15) is 0 Å². The lowest BCUT2D eigenvalue weighted by Crippen LogP contribution is -2.39. The van der Waals surface area contributed by atoms with Crippen molar-refractivity contribution < 1.29 is 4.74 Å². The topological polar surface area (TPSA) is 19.0 Å². The van der Waals surface area contributed by atoms with Crippen LogP contribution in [0.5, 0.6) is 5.75 Å². The number of anilines is 3. The van der Waals surface area contributed by atoms with E-state index in [9.17, 15) is 0 Å². The summed E-state index contributed by atoms with van der Waals surface area (Å²) < 4.78 is 6.20. The second-order valence-corrected chi connectivity index (χ2v) is 9.94. The van der Waals surface area contributed by atoms with Gasteiger partial charge in [0.15, 0.2) is 0 Å². The summed E-state index contributed by atoms with van der Waals surface area (Å²) in [5.74, 6) is 0.988. The molecule has 3 aliphatic heterocycles. The summed E-state index contributed by atoms with van der Waals surface area (Å²) in [5, 5.41) is 0. The predicted molar refractivity (Wildman–Crippen MR) is 155 cm³/mol. The Hall–Kier alpha value is -2.40. The fourth-order valence-electron chi connectivity index (χ4n) is 5.94. The monoisotopic (exact) mass is 525 g/mol. The van der Waals surface area contributed by atoms with Crippen molar-refractivity contribution in [3.63, 3.8) is 0 Å². The third-order valence-corrected chi connectivity index (χ3v) is 7.78. The minimum Gasteiger partial charge on any atom is -0.487 e. The number of benzene rings is 3. The van der Waals surface area contributed by atoms with Gasteiger partial charge in [-0.15, -0.1) is 24.8 Å². The number of fused-ring (bicyclic) bond motifs is 2. The van der Waals surface area contributed by atoms with Crippen LogP contribution < -0.4 is 14.5 Å². The maximum absolute atomic E-state index is 6.20. The zero-order valence-corrected chi connectivity index (χ0v) is 22.5. The van der Waals surface area contributed by atoms with E-state index in [2.05, 4.69) is 87.5 Å². The zero-order valence-electron chi connectivity index (χ0n) is 20.9. The van der Waals surface area contributed by atoms with E-state index < -0.39 is 0 Å². The standard InChI is InChI=1S/C30H35N3O.2ClH/c1-2-13-28-25(10-1)23-34-30-15-4-3-14-29(30)33(28)22-27-12-8-19-32(27)20-16-24-9-7-11-26(21-24)31-17-5-6-18-31;;/h1-4,7,9-11,13-15,21,27H,5-6,8,12,16-20,22-23H2;2*1H/t27-;;/m1../s1. The molecule has 0 unspecified atom stereocenters. The Kier molecular flexibility index (Phi) is 9.05. The van der Waals surface area contributed by atoms with Crippen LogP contribution in [0, 0.1) is 0 Å². The molecule has 3 aromatic carbocycles. The largest absolute Gasteiger partial charge is 0.487 e. The Morgan fingerprint density at radius 1 is 0.778 bits per heavy atom. The van der Waals surface area contributed by atoms with Gasteiger partial charge in [-0.05, 0) is 74.5 Å². The average Bonchev–Trinajstić information content (AvgIpc) is 3.55. The number of nitrogens with zero attached hydrogens (tertiary/aromatic N) is 3. The van der Waals surface area contributed by atoms with Gasteiger partial charge in [0.1, 0.15) is 12.4 Å². The second kappa shape index (κ2) is 12.2. The van der Waals surface area contributed by atoms with E-state index in [0.717, 1.165) is 25.3 Å². The van der Waals surface area contributed by atoms with Crippen LogP contribution in [0.2, 0.25) is 0 Å². The molecule has 3 heterocycles. The molecule has 0 bridgehead atoms. The Labute approximate surface area is 228 Å². The van der Waals surface area contributed by atoms with E-state index in [0.29, 0.717) is 12.6 Å². The summed E-state index contributed by atoms with van der Waals surface area (Å²) in [6, 6.07) is 27.1. The first-order valence-electron chi connectivity index (χ1n) is 13.0. The Balaban J connectivity index is 0.00000152. The molecular formula is C30H37Cl2N3O. The maximum Gasteiger partial charge on any atom is 0.143 e. The summed E-state index contributed by atoms with van der Waals surface area (Å²) in [6.45, 7) is 6.38. The highest BCUT2D eigenvalue weighted by molar-refractivity contribution is 5.85. The molecule has 0 radical (unpaired) electrons. The van der Waals surface area contributed by atoms with Crippen LogP contribution in [0.25, 0.3) is 0 Å². The highest BCUT2D eigenvalue weighted by Crippen LogP contribution is 2.40. The fourth-order valence-corrected chi connectivity index (χ4v) is 5.94. The van der Waals surface area contributed by atoms with Crippen molar-refractivity contribution in [3.8, 4) is 5.75 Å². The first-order chi connectivity index (χ1) is 16.8. The Morgan fingerprint density at radius 2 is 1.56 bits per heavy atom. The molecule has 0 N–H and O–H groups in total. The Morgan fingerprint density at radius 3 is 2.42 bits per heavy atom. The predicted octanol–water partition coefficient (Wildman–Crippen LogP) is 6.87. The second-order valence-electron chi connectivity index (χ2n) is 9.94. The van der Waals surface area contributed by atoms with Gasteiger partial charge in [-0.25, -0.2) is 0 Å². The number of rotatable bonds is 6.